The molecule has 0 radical (unpaired) electrons. The minimum atomic E-state index is 0.0188. The Morgan fingerprint density at radius 1 is 1.43 bits per heavy atom. The molecule has 0 atom stereocenters. The number of hydrogen-bond donors (Lipinski definition) is 2. The van der Waals surface area contributed by atoms with Gasteiger partial charge in [0.2, 0.25) is 5.91 Å². The van der Waals surface area contributed by atoms with Gasteiger partial charge in [-0.15, -0.1) is 0 Å². The van der Waals surface area contributed by atoms with Crippen LogP contribution in [0, 0.1) is 0 Å². The van der Waals surface area contributed by atoms with E-state index < -0.39 is 0 Å². The van der Waals surface area contributed by atoms with Gasteiger partial charge in [0.05, 0.1) is 6.42 Å². The molecule has 0 aromatic heterocycles. The van der Waals surface area contributed by atoms with Crippen LogP contribution in [0.15, 0.2) is 18.2 Å². The normalized spacial score (nSPS) is 9.86. The third-order valence-corrected chi connectivity index (χ3v) is 2.24. The highest BCUT2D eigenvalue weighted by Crippen LogP contribution is 2.14. The van der Waals surface area contributed by atoms with Gasteiger partial charge in [0, 0.05) is 12.7 Å². The molecule has 3 nitrogen and oxygen atoms in total. The van der Waals surface area contributed by atoms with Crippen LogP contribution in [0.2, 0.25) is 0 Å². The van der Waals surface area contributed by atoms with Crippen LogP contribution in [0.5, 0.6) is 0 Å². The molecule has 0 aliphatic heterocycles. The smallest absolute Gasteiger partial charge is 0.224 e. The predicted molar refractivity (Wildman–Crippen MR) is 58.0 cm³/mol. The van der Waals surface area contributed by atoms with Crippen LogP contribution in [0.3, 0.4) is 0 Å². The van der Waals surface area contributed by atoms with Crippen molar-refractivity contribution in [2.24, 2.45) is 0 Å². The van der Waals surface area contributed by atoms with Gasteiger partial charge in [0.15, 0.2) is 0 Å². The van der Waals surface area contributed by atoms with Gasteiger partial charge in [-0.2, -0.15) is 0 Å². The number of hydrogen-bond acceptors (Lipinski definition) is 2. The molecule has 1 rings (SSSR count). The van der Waals surface area contributed by atoms with Crippen LogP contribution in [0.4, 0.5) is 5.69 Å². The van der Waals surface area contributed by atoms with Crippen molar-refractivity contribution in [1.82, 2.24) is 5.32 Å². The summed E-state index contributed by atoms with van der Waals surface area (Å²) >= 11 is 0. The maximum Gasteiger partial charge on any atom is 0.224 e. The molecule has 0 aliphatic rings. The molecule has 0 unspecified atom stereocenters. The standard InChI is InChI=1S/C11H16N2O/c1-3-8-4-5-10(12)6-9(8)7-11(14)13-2/h4-6H,3,7,12H2,1-2H3,(H,13,14). The molecule has 0 saturated heterocycles. The molecule has 0 fully saturated rings. The number of nitrogens with two attached hydrogens (primary N) is 1. The molecule has 3 N–H and O–H groups in total. The Hall–Kier alpha value is -1.51. The highest BCUT2D eigenvalue weighted by Gasteiger charge is 2.05. The number of benzene rings is 1. The second kappa shape index (κ2) is 4.65. The van der Waals surface area contributed by atoms with E-state index in [1.165, 1.54) is 5.56 Å². The Labute approximate surface area is 84.3 Å². The van der Waals surface area contributed by atoms with Gasteiger partial charge in [0.25, 0.3) is 0 Å². The number of carbonyl (C=O) groups is 1. The lowest BCUT2D eigenvalue weighted by Gasteiger charge is -2.07. The Balaban J connectivity index is 2.93. The van der Waals surface area contributed by atoms with E-state index in [4.69, 9.17) is 5.73 Å². The van der Waals surface area contributed by atoms with E-state index in [0.29, 0.717) is 12.1 Å². The summed E-state index contributed by atoms with van der Waals surface area (Å²) in [7, 11) is 1.64. The molecular weight excluding hydrogens is 176 g/mol. The average molecular weight is 192 g/mol. The largest absolute Gasteiger partial charge is 0.399 e. The molecule has 0 heterocycles. The molecule has 14 heavy (non-hydrogen) atoms. The summed E-state index contributed by atoms with van der Waals surface area (Å²) in [6.07, 6.45) is 1.33. The van der Waals surface area contributed by atoms with Gasteiger partial charge >= 0.3 is 0 Å². The van der Waals surface area contributed by atoms with Crippen molar-refractivity contribution in [1.29, 1.82) is 0 Å². The molecule has 1 aromatic carbocycles. The maximum atomic E-state index is 11.2. The van der Waals surface area contributed by atoms with E-state index in [-0.39, 0.29) is 5.91 Å². The summed E-state index contributed by atoms with van der Waals surface area (Å²) in [6.45, 7) is 2.07. The fraction of sp³-hybridized carbons (Fsp3) is 0.364. The SMILES string of the molecule is CCc1ccc(N)cc1CC(=O)NC. The van der Waals surface area contributed by atoms with Gasteiger partial charge in [-0.1, -0.05) is 13.0 Å². The quantitative estimate of drug-likeness (QED) is 0.705. The van der Waals surface area contributed by atoms with Crippen molar-refractivity contribution >= 4 is 11.6 Å². The third kappa shape index (κ3) is 2.49. The van der Waals surface area contributed by atoms with Crippen molar-refractivity contribution < 1.29 is 4.79 Å². The zero-order valence-corrected chi connectivity index (χ0v) is 8.63. The number of rotatable bonds is 3. The number of likely N-dealkylation sites (N-methyl/N-ethyl adjacent to an activating group) is 1. The van der Waals surface area contributed by atoms with Gasteiger partial charge in [-0.05, 0) is 29.7 Å². The number of amides is 1. The summed E-state index contributed by atoms with van der Waals surface area (Å²) in [4.78, 5) is 11.2. The van der Waals surface area contributed by atoms with Gasteiger partial charge in [-0.25, -0.2) is 0 Å². The van der Waals surface area contributed by atoms with Gasteiger partial charge in [-0.3, -0.25) is 4.79 Å². The summed E-state index contributed by atoms with van der Waals surface area (Å²) in [5.74, 6) is 0.0188. The Bertz CT molecular complexity index is 334. The number of aryl methyl sites for hydroxylation is 1. The van der Waals surface area contributed by atoms with Crippen LogP contribution < -0.4 is 11.1 Å². The van der Waals surface area contributed by atoms with E-state index in [2.05, 4.69) is 12.2 Å². The van der Waals surface area contributed by atoms with Crippen LogP contribution in [-0.4, -0.2) is 13.0 Å². The molecule has 3 heteroatoms. The van der Waals surface area contributed by atoms with Crippen LogP contribution >= 0.6 is 0 Å². The average Bonchev–Trinajstić information content (AvgIpc) is 2.18. The van der Waals surface area contributed by atoms with Crippen LogP contribution in [-0.2, 0) is 17.6 Å². The lowest BCUT2D eigenvalue weighted by atomic mass is 10.0. The number of carbonyl (C=O) groups excluding carboxylic acids is 1. The minimum Gasteiger partial charge on any atom is -0.399 e. The monoisotopic (exact) mass is 192 g/mol. The number of anilines is 1. The first-order valence-electron chi connectivity index (χ1n) is 4.75. The van der Waals surface area contributed by atoms with Gasteiger partial charge < -0.3 is 11.1 Å². The summed E-state index contributed by atoms with van der Waals surface area (Å²) < 4.78 is 0. The molecule has 76 valence electrons. The highest BCUT2D eigenvalue weighted by molar-refractivity contribution is 5.79. The number of nitrogens with one attached hydrogen (secondary N) is 1. The van der Waals surface area contributed by atoms with Crippen molar-refractivity contribution in [3.05, 3.63) is 29.3 Å². The summed E-state index contributed by atoms with van der Waals surface area (Å²) in [5.41, 5.74) is 8.58. The van der Waals surface area contributed by atoms with E-state index in [0.717, 1.165) is 12.0 Å². The minimum absolute atomic E-state index is 0.0188. The first-order chi connectivity index (χ1) is 6.67. The number of nitrogen functional groups attached to an aromatic ring is 1. The van der Waals surface area contributed by atoms with Gasteiger partial charge in [0.1, 0.15) is 0 Å². The second-order valence-corrected chi connectivity index (χ2v) is 3.23. The molecule has 1 amide bonds. The highest BCUT2D eigenvalue weighted by atomic mass is 16.1. The molecule has 0 spiro atoms. The molecule has 0 saturated carbocycles. The van der Waals surface area contributed by atoms with Crippen molar-refractivity contribution in [2.75, 3.05) is 12.8 Å². The first kappa shape index (κ1) is 10.6. The third-order valence-electron chi connectivity index (χ3n) is 2.24. The second-order valence-electron chi connectivity index (χ2n) is 3.23. The molecule has 0 aliphatic carbocycles. The van der Waals surface area contributed by atoms with Crippen molar-refractivity contribution in [3.8, 4) is 0 Å². The zero-order chi connectivity index (χ0) is 10.6. The molecular formula is C11H16N2O. The Morgan fingerprint density at radius 3 is 2.71 bits per heavy atom. The van der Waals surface area contributed by atoms with Crippen LogP contribution in [0.25, 0.3) is 0 Å². The maximum absolute atomic E-state index is 11.2. The summed E-state index contributed by atoms with van der Waals surface area (Å²) in [5, 5.41) is 2.60. The fourth-order valence-electron chi connectivity index (χ4n) is 1.42. The Kier molecular flexibility index (Phi) is 3.51. The van der Waals surface area contributed by atoms with E-state index in [1.54, 1.807) is 7.05 Å². The van der Waals surface area contributed by atoms with Crippen molar-refractivity contribution in [2.45, 2.75) is 19.8 Å². The lowest BCUT2D eigenvalue weighted by molar-refractivity contribution is -0.119. The molecule has 1 aromatic rings. The van der Waals surface area contributed by atoms with Crippen LogP contribution in [0.1, 0.15) is 18.1 Å². The zero-order valence-electron chi connectivity index (χ0n) is 8.63. The van der Waals surface area contributed by atoms with E-state index in [1.807, 2.05) is 18.2 Å². The first-order valence-corrected chi connectivity index (χ1v) is 4.75. The van der Waals surface area contributed by atoms with Crippen molar-refractivity contribution in [3.63, 3.8) is 0 Å². The Morgan fingerprint density at radius 2 is 2.14 bits per heavy atom. The molecule has 0 bridgehead atoms. The predicted octanol–water partition coefficient (Wildman–Crippen LogP) is 1.12. The van der Waals surface area contributed by atoms with E-state index >= 15 is 0 Å². The lowest BCUT2D eigenvalue weighted by Crippen LogP contribution is -2.20. The topological polar surface area (TPSA) is 55.1 Å². The fourth-order valence-corrected chi connectivity index (χ4v) is 1.42. The summed E-state index contributed by atoms with van der Waals surface area (Å²) in [6, 6.07) is 5.72. The van der Waals surface area contributed by atoms with E-state index in [9.17, 15) is 4.79 Å².